The summed E-state index contributed by atoms with van der Waals surface area (Å²) >= 11 is 0. The maximum absolute atomic E-state index is 11.9. The van der Waals surface area contributed by atoms with Gasteiger partial charge in [0.1, 0.15) is 0 Å². The fraction of sp³-hybridized carbons (Fsp3) is 0.429. The minimum absolute atomic E-state index is 0.00275. The smallest absolute Gasteiger partial charge is 0.315 e. The Morgan fingerprint density at radius 1 is 1.45 bits per heavy atom. The molecule has 0 aromatic heterocycles. The number of hydrogen-bond donors (Lipinski definition) is 3. The maximum atomic E-state index is 11.9. The first-order valence-electron chi connectivity index (χ1n) is 6.64. The lowest BCUT2D eigenvalue weighted by Gasteiger charge is -2.17. The van der Waals surface area contributed by atoms with Gasteiger partial charge in [-0.1, -0.05) is 18.2 Å². The van der Waals surface area contributed by atoms with Gasteiger partial charge in [-0.2, -0.15) is 0 Å². The average molecular weight is 277 g/mol. The van der Waals surface area contributed by atoms with Crippen LogP contribution in [-0.2, 0) is 4.79 Å². The van der Waals surface area contributed by atoms with E-state index >= 15 is 0 Å². The number of anilines is 1. The molecule has 1 aromatic rings. The molecule has 20 heavy (non-hydrogen) atoms. The van der Waals surface area contributed by atoms with Crippen LogP contribution in [0.5, 0.6) is 0 Å². The first-order valence-corrected chi connectivity index (χ1v) is 6.64. The second-order valence-electron chi connectivity index (χ2n) is 4.94. The number of amides is 3. The summed E-state index contributed by atoms with van der Waals surface area (Å²) in [6.45, 7) is 2.25. The summed E-state index contributed by atoms with van der Waals surface area (Å²) in [6, 6.07) is 8.80. The predicted molar refractivity (Wildman–Crippen MR) is 75.4 cm³/mol. The van der Waals surface area contributed by atoms with Crippen LogP contribution in [0, 0.1) is 0 Å². The zero-order valence-corrected chi connectivity index (χ0v) is 11.4. The molecule has 6 nitrogen and oxygen atoms in total. The summed E-state index contributed by atoms with van der Waals surface area (Å²) < 4.78 is 0. The molecule has 0 unspecified atom stereocenters. The molecule has 2 rings (SSSR count). The SMILES string of the molecule is C[C@@H](O)CNC(=O)N[C@@H]1CC(=O)N(c2ccccc2)C1. The third-order valence-electron chi connectivity index (χ3n) is 3.09. The Labute approximate surface area is 117 Å². The number of carbonyl (C=O) groups is 2. The number of nitrogens with zero attached hydrogens (tertiary/aromatic N) is 1. The Kier molecular flexibility index (Phi) is 4.57. The largest absolute Gasteiger partial charge is 0.392 e. The Bertz CT molecular complexity index is 476. The van der Waals surface area contributed by atoms with E-state index in [0.29, 0.717) is 6.54 Å². The summed E-state index contributed by atoms with van der Waals surface area (Å²) in [5.74, 6) is -0.00275. The van der Waals surface area contributed by atoms with Crippen molar-refractivity contribution >= 4 is 17.6 Å². The van der Waals surface area contributed by atoms with Crippen LogP contribution in [0.2, 0.25) is 0 Å². The number of aliphatic hydroxyl groups excluding tert-OH is 1. The van der Waals surface area contributed by atoms with Crippen LogP contribution >= 0.6 is 0 Å². The molecule has 2 atom stereocenters. The van der Waals surface area contributed by atoms with Gasteiger partial charge in [-0.3, -0.25) is 4.79 Å². The van der Waals surface area contributed by atoms with E-state index in [2.05, 4.69) is 10.6 Å². The molecular weight excluding hydrogens is 258 g/mol. The van der Waals surface area contributed by atoms with Crippen molar-refractivity contribution in [2.24, 2.45) is 0 Å². The highest BCUT2D eigenvalue weighted by Gasteiger charge is 2.31. The molecule has 0 saturated carbocycles. The van der Waals surface area contributed by atoms with Crippen molar-refractivity contribution in [1.29, 1.82) is 0 Å². The van der Waals surface area contributed by atoms with Crippen LogP contribution in [0.3, 0.4) is 0 Å². The highest BCUT2D eigenvalue weighted by molar-refractivity contribution is 5.96. The van der Waals surface area contributed by atoms with Crippen molar-refractivity contribution in [3.63, 3.8) is 0 Å². The minimum Gasteiger partial charge on any atom is -0.392 e. The van der Waals surface area contributed by atoms with Crippen LogP contribution in [0.15, 0.2) is 30.3 Å². The molecule has 3 N–H and O–H groups in total. The van der Waals surface area contributed by atoms with Crippen molar-refractivity contribution < 1.29 is 14.7 Å². The highest BCUT2D eigenvalue weighted by atomic mass is 16.3. The number of aliphatic hydroxyl groups is 1. The van der Waals surface area contributed by atoms with E-state index in [4.69, 9.17) is 5.11 Å². The number of urea groups is 1. The monoisotopic (exact) mass is 277 g/mol. The Morgan fingerprint density at radius 3 is 2.80 bits per heavy atom. The lowest BCUT2D eigenvalue weighted by molar-refractivity contribution is -0.117. The molecule has 1 saturated heterocycles. The van der Waals surface area contributed by atoms with E-state index in [0.717, 1.165) is 5.69 Å². The zero-order valence-electron chi connectivity index (χ0n) is 11.4. The van der Waals surface area contributed by atoms with Gasteiger partial charge in [0.2, 0.25) is 5.91 Å². The third kappa shape index (κ3) is 3.71. The van der Waals surface area contributed by atoms with Gasteiger partial charge in [0.05, 0.1) is 12.1 Å². The lowest BCUT2D eigenvalue weighted by Crippen LogP contribution is -2.45. The van der Waals surface area contributed by atoms with Gasteiger partial charge in [-0.15, -0.1) is 0 Å². The Balaban J connectivity index is 1.88. The minimum atomic E-state index is -0.591. The predicted octanol–water partition coefficient (Wildman–Crippen LogP) is 0.472. The number of rotatable bonds is 4. The maximum Gasteiger partial charge on any atom is 0.315 e. The highest BCUT2D eigenvalue weighted by Crippen LogP contribution is 2.20. The fourth-order valence-electron chi connectivity index (χ4n) is 2.14. The molecule has 0 aliphatic carbocycles. The van der Waals surface area contributed by atoms with Crippen LogP contribution < -0.4 is 15.5 Å². The summed E-state index contributed by atoms with van der Waals surface area (Å²) in [6.07, 6.45) is -0.302. The molecular formula is C14H19N3O3. The molecule has 0 radical (unpaired) electrons. The van der Waals surface area contributed by atoms with Crippen LogP contribution in [-0.4, -0.2) is 42.3 Å². The number of benzene rings is 1. The molecule has 1 aliphatic rings. The summed E-state index contributed by atoms with van der Waals surface area (Å²) in [4.78, 5) is 25.2. The standard InChI is InChI=1S/C14H19N3O3/c1-10(18)8-15-14(20)16-11-7-13(19)17(9-11)12-5-3-2-4-6-12/h2-6,10-11,18H,7-9H2,1H3,(H2,15,16,20)/t10-,11-/m1/s1. The fourth-order valence-corrected chi connectivity index (χ4v) is 2.14. The van der Waals surface area contributed by atoms with Gasteiger partial charge in [0, 0.05) is 25.2 Å². The molecule has 108 valence electrons. The number of hydrogen-bond acceptors (Lipinski definition) is 3. The van der Waals surface area contributed by atoms with E-state index < -0.39 is 6.10 Å². The Morgan fingerprint density at radius 2 is 2.15 bits per heavy atom. The van der Waals surface area contributed by atoms with E-state index in [-0.39, 0.29) is 30.9 Å². The summed E-state index contributed by atoms with van der Waals surface area (Å²) in [7, 11) is 0. The molecule has 1 aromatic carbocycles. The quantitative estimate of drug-likeness (QED) is 0.748. The molecule has 6 heteroatoms. The zero-order chi connectivity index (χ0) is 14.5. The van der Waals surface area contributed by atoms with E-state index in [1.54, 1.807) is 11.8 Å². The van der Waals surface area contributed by atoms with Crippen molar-refractivity contribution in [3.8, 4) is 0 Å². The van der Waals surface area contributed by atoms with Gasteiger partial charge < -0.3 is 20.6 Å². The van der Waals surface area contributed by atoms with E-state index in [1.165, 1.54) is 0 Å². The number of carbonyl (C=O) groups excluding carboxylic acids is 2. The number of nitrogens with one attached hydrogen (secondary N) is 2. The average Bonchev–Trinajstić information content (AvgIpc) is 2.78. The molecule has 1 aliphatic heterocycles. The third-order valence-corrected chi connectivity index (χ3v) is 3.09. The van der Waals surface area contributed by atoms with Crippen LogP contribution in [0.1, 0.15) is 13.3 Å². The van der Waals surface area contributed by atoms with Gasteiger partial charge in [0.25, 0.3) is 0 Å². The molecule has 0 bridgehead atoms. The first-order chi connectivity index (χ1) is 9.56. The molecule has 1 fully saturated rings. The van der Waals surface area contributed by atoms with Crippen LogP contribution in [0.25, 0.3) is 0 Å². The topological polar surface area (TPSA) is 81.7 Å². The van der Waals surface area contributed by atoms with E-state index in [9.17, 15) is 9.59 Å². The second kappa shape index (κ2) is 6.38. The number of para-hydroxylation sites is 1. The van der Waals surface area contributed by atoms with E-state index in [1.807, 2.05) is 30.3 Å². The first kappa shape index (κ1) is 14.3. The Hall–Kier alpha value is -2.08. The summed E-state index contributed by atoms with van der Waals surface area (Å²) in [5.41, 5.74) is 0.839. The van der Waals surface area contributed by atoms with Crippen molar-refractivity contribution in [2.75, 3.05) is 18.0 Å². The van der Waals surface area contributed by atoms with Crippen LogP contribution in [0.4, 0.5) is 10.5 Å². The van der Waals surface area contributed by atoms with Gasteiger partial charge in [-0.25, -0.2) is 4.79 Å². The van der Waals surface area contributed by atoms with Crippen molar-refractivity contribution in [2.45, 2.75) is 25.5 Å². The van der Waals surface area contributed by atoms with Gasteiger partial charge >= 0.3 is 6.03 Å². The van der Waals surface area contributed by atoms with Crippen molar-refractivity contribution in [3.05, 3.63) is 30.3 Å². The van der Waals surface area contributed by atoms with Gasteiger partial charge in [0.15, 0.2) is 0 Å². The molecule has 0 spiro atoms. The van der Waals surface area contributed by atoms with Gasteiger partial charge in [-0.05, 0) is 19.1 Å². The molecule has 3 amide bonds. The molecule has 1 heterocycles. The second-order valence-corrected chi connectivity index (χ2v) is 4.94. The summed E-state index contributed by atoms with van der Waals surface area (Å²) in [5, 5.41) is 14.4. The lowest BCUT2D eigenvalue weighted by atomic mass is 10.2. The normalized spacial score (nSPS) is 19.8. The van der Waals surface area contributed by atoms with Crippen molar-refractivity contribution in [1.82, 2.24) is 10.6 Å².